The number of benzene rings is 1. The van der Waals surface area contributed by atoms with E-state index >= 15 is 0 Å². The predicted molar refractivity (Wildman–Crippen MR) is 69.9 cm³/mol. The first-order chi connectivity index (χ1) is 9.52. The summed E-state index contributed by atoms with van der Waals surface area (Å²) >= 11 is 0. The van der Waals surface area contributed by atoms with Crippen LogP contribution in [0.25, 0.3) is 0 Å². The topological polar surface area (TPSA) is 95.9 Å². The lowest BCUT2D eigenvalue weighted by atomic mass is 9.67. The SMILES string of the molecule is O=C(NCC1(C(=O)O)CC(O)C1)OCc1ccccc1. The summed E-state index contributed by atoms with van der Waals surface area (Å²) in [6.45, 7) is 0.0996. The second-order valence-electron chi connectivity index (χ2n) is 5.06. The van der Waals surface area contributed by atoms with Crippen molar-refractivity contribution in [1.29, 1.82) is 0 Å². The predicted octanol–water partition coefficient (Wildman–Crippen LogP) is 1.14. The van der Waals surface area contributed by atoms with E-state index in [1.807, 2.05) is 30.3 Å². The molecule has 1 aromatic rings. The minimum atomic E-state index is -1.06. The number of hydrogen-bond acceptors (Lipinski definition) is 4. The Kier molecular flexibility index (Phi) is 4.24. The number of amides is 1. The summed E-state index contributed by atoms with van der Waals surface area (Å²) in [5.41, 5.74) is -0.208. The third kappa shape index (κ3) is 3.27. The molecule has 0 unspecified atom stereocenters. The van der Waals surface area contributed by atoms with E-state index in [1.54, 1.807) is 0 Å². The van der Waals surface area contributed by atoms with Crippen molar-refractivity contribution in [3.8, 4) is 0 Å². The average Bonchev–Trinajstić information content (AvgIpc) is 2.40. The van der Waals surface area contributed by atoms with E-state index < -0.39 is 23.6 Å². The highest BCUT2D eigenvalue weighted by Crippen LogP contribution is 2.40. The standard InChI is InChI=1S/C14H17NO5/c16-11-6-14(7-11,12(17)18)9-15-13(19)20-8-10-4-2-1-3-5-10/h1-5,11,16H,6-9H2,(H,15,19)(H,17,18). The molecule has 0 aliphatic heterocycles. The molecule has 1 fully saturated rings. The number of carbonyl (C=O) groups excluding carboxylic acids is 1. The van der Waals surface area contributed by atoms with Crippen LogP contribution in [0.5, 0.6) is 0 Å². The van der Waals surface area contributed by atoms with Crippen LogP contribution in [0.15, 0.2) is 30.3 Å². The van der Waals surface area contributed by atoms with Crippen LogP contribution < -0.4 is 5.32 Å². The summed E-state index contributed by atoms with van der Waals surface area (Å²) in [5.74, 6) is -1.01. The summed E-state index contributed by atoms with van der Waals surface area (Å²) in [7, 11) is 0. The van der Waals surface area contributed by atoms with E-state index in [-0.39, 0.29) is 26.0 Å². The second-order valence-corrected chi connectivity index (χ2v) is 5.06. The second kappa shape index (κ2) is 5.92. The molecular formula is C14H17NO5. The van der Waals surface area contributed by atoms with Gasteiger partial charge in [0.1, 0.15) is 6.61 Å². The first-order valence-electron chi connectivity index (χ1n) is 6.38. The molecule has 0 spiro atoms. The first kappa shape index (κ1) is 14.3. The Morgan fingerprint density at radius 1 is 1.30 bits per heavy atom. The maximum Gasteiger partial charge on any atom is 0.407 e. The molecule has 2 rings (SSSR count). The normalized spacial score (nSPS) is 24.6. The van der Waals surface area contributed by atoms with Gasteiger partial charge >= 0.3 is 12.1 Å². The number of carboxylic acid groups (broad SMARTS) is 1. The fourth-order valence-electron chi connectivity index (χ4n) is 2.25. The quantitative estimate of drug-likeness (QED) is 0.751. The molecule has 0 atom stereocenters. The summed E-state index contributed by atoms with van der Waals surface area (Å²) in [6, 6.07) is 9.20. The van der Waals surface area contributed by atoms with Crippen LogP contribution >= 0.6 is 0 Å². The van der Waals surface area contributed by atoms with Crippen LogP contribution in [0, 0.1) is 5.41 Å². The van der Waals surface area contributed by atoms with E-state index in [9.17, 15) is 14.7 Å². The Morgan fingerprint density at radius 2 is 1.95 bits per heavy atom. The van der Waals surface area contributed by atoms with Gasteiger partial charge in [0.15, 0.2) is 0 Å². The number of hydrogen-bond donors (Lipinski definition) is 3. The highest BCUT2D eigenvalue weighted by atomic mass is 16.5. The van der Waals surface area contributed by atoms with Crippen LogP contribution in [0.1, 0.15) is 18.4 Å². The van der Waals surface area contributed by atoms with Crippen molar-refractivity contribution in [1.82, 2.24) is 5.32 Å². The zero-order valence-corrected chi connectivity index (χ0v) is 10.9. The molecule has 1 saturated carbocycles. The van der Waals surface area contributed by atoms with E-state index in [2.05, 4.69) is 5.32 Å². The summed E-state index contributed by atoms with van der Waals surface area (Å²) < 4.78 is 4.99. The summed E-state index contributed by atoms with van der Waals surface area (Å²) in [4.78, 5) is 22.7. The lowest BCUT2D eigenvalue weighted by molar-refractivity contribution is -0.162. The van der Waals surface area contributed by atoms with Gasteiger partial charge in [0.25, 0.3) is 0 Å². The number of aliphatic hydroxyl groups excluding tert-OH is 1. The average molecular weight is 279 g/mol. The molecule has 1 aliphatic carbocycles. The van der Waals surface area contributed by atoms with Crippen LogP contribution in [0.2, 0.25) is 0 Å². The Morgan fingerprint density at radius 3 is 2.50 bits per heavy atom. The number of carboxylic acids is 1. The van der Waals surface area contributed by atoms with Crippen molar-refractivity contribution in [3.05, 3.63) is 35.9 Å². The molecule has 0 bridgehead atoms. The maximum atomic E-state index is 11.5. The molecule has 1 aromatic carbocycles. The van der Waals surface area contributed by atoms with Gasteiger partial charge in [-0.2, -0.15) is 0 Å². The summed E-state index contributed by atoms with van der Waals surface area (Å²) in [6.07, 6.45) is -0.952. The fourth-order valence-corrected chi connectivity index (χ4v) is 2.25. The minimum Gasteiger partial charge on any atom is -0.481 e. The summed E-state index contributed by atoms with van der Waals surface area (Å²) in [5, 5.41) is 20.8. The lowest BCUT2D eigenvalue weighted by Gasteiger charge is -2.41. The van der Waals surface area contributed by atoms with E-state index in [4.69, 9.17) is 9.84 Å². The van der Waals surface area contributed by atoms with Crippen molar-refractivity contribution in [3.63, 3.8) is 0 Å². The minimum absolute atomic E-state index is 0.0347. The molecule has 6 heteroatoms. The fraction of sp³-hybridized carbons (Fsp3) is 0.429. The monoisotopic (exact) mass is 279 g/mol. The van der Waals surface area contributed by atoms with Crippen molar-refractivity contribution in [2.75, 3.05) is 6.54 Å². The van der Waals surface area contributed by atoms with Gasteiger partial charge in [-0.3, -0.25) is 4.79 Å². The van der Waals surface area contributed by atoms with Crippen LogP contribution in [0.3, 0.4) is 0 Å². The molecule has 6 nitrogen and oxygen atoms in total. The van der Waals surface area contributed by atoms with Gasteiger partial charge in [0.05, 0.1) is 11.5 Å². The molecule has 20 heavy (non-hydrogen) atoms. The highest BCUT2D eigenvalue weighted by Gasteiger charge is 2.50. The molecule has 0 radical (unpaired) electrons. The number of aliphatic hydroxyl groups is 1. The van der Waals surface area contributed by atoms with Crippen LogP contribution in [-0.4, -0.2) is 34.9 Å². The van der Waals surface area contributed by atoms with Crippen molar-refractivity contribution in [2.45, 2.75) is 25.6 Å². The van der Waals surface area contributed by atoms with Gasteiger partial charge in [0, 0.05) is 6.54 Å². The van der Waals surface area contributed by atoms with E-state index in [1.165, 1.54) is 0 Å². The number of carbonyl (C=O) groups is 2. The zero-order valence-electron chi connectivity index (χ0n) is 10.9. The molecule has 1 amide bonds. The number of nitrogens with one attached hydrogen (secondary N) is 1. The van der Waals surface area contributed by atoms with Gasteiger partial charge in [-0.1, -0.05) is 30.3 Å². The van der Waals surface area contributed by atoms with Crippen LogP contribution in [-0.2, 0) is 16.1 Å². The maximum absolute atomic E-state index is 11.5. The van der Waals surface area contributed by atoms with Crippen molar-refractivity contribution < 1.29 is 24.5 Å². The number of ether oxygens (including phenoxy) is 1. The molecule has 0 aromatic heterocycles. The highest BCUT2D eigenvalue weighted by molar-refractivity contribution is 5.77. The molecule has 108 valence electrons. The number of alkyl carbamates (subject to hydrolysis) is 1. The molecule has 3 N–H and O–H groups in total. The van der Waals surface area contributed by atoms with E-state index in [0.29, 0.717) is 0 Å². The van der Waals surface area contributed by atoms with Gasteiger partial charge < -0.3 is 20.3 Å². The lowest BCUT2D eigenvalue weighted by Crippen LogP contribution is -2.53. The largest absolute Gasteiger partial charge is 0.481 e. The van der Waals surface area contributed by atoms with Gasteiger partial charge in [0.2, 0.25) is 0 Å². The zero-order chi connectivity index (χ0) is 14.6. The Labute approximate surface area is 116 Å². The Bertz CT molecular complexity index is 482. The number of rotatable bonds is 5. The Balaban J connectivity index is 1.76. The van der Waals surface area contributed by atoms with E-state index in [0.717, 1.165) is 5.56 Å². The molecule has 0 heterocycles. The Hall–Kier alpha value is -2.08. The molecule has 0 saturated heterocycles. The van der Waals surface area contributed by atoms with Gasteiger partial charge in [-0.05, 0) is 18.4 Å². The van der Waals surface area contributed by atoms with Crippen molar-refractivity contribution >= 4 is 12.1 Å². The van der Waals surface area contributed by atoms with Gasteiger partial charge in [-0.25, -0.2) is 4.79 Å². The number of aliphatic carboxylic acids is 1. The third-order valence-corrected chi connectivity index (χ3v) is 3.49. The first-order valence-corrected chi connectivity index (χ1v) is 6.38. The molecular weight excluding hydrogens is 262 g/mol. The molecule has 1 aliphatic rings. The van der Waals surface area contributed by atoms with Crippen molar-refractivity contribution in [2.24, 2.45) is 5.41 Å². The third-order valence-electron chi connectivity index (χ3n) is 3.49. The van der Waals surface area contributed by atoms with Gasteiger partial charge in [-0.15, -0.1) is 0 Å². The van der Waals surface area contributed by atoms with Crippen LogP contribution in [0.4, 0.5) is 4.79 Å². The smallest absolute Gasteiger partial charge is 0.407 e.